The van der Waals surface area contributed by atoms with E-state index in [9.17, 15) is 13.2 Å². The van der Waals surface area contributed by atoms with Crippen molar-refractivity contribution in [1.82, 2.24) is 18.8 Å². The molecule has 0 aromatic carbocycles. The van der Waals surface area contributed by atoms with E-state index in [0.717, 1.165) is 38.5 Å². The van der Waals surface area contributed by atoms with E-state index in [-0.39, 0.29) is 11.9 Å². The fourth-order valence-electron chi connectivity index (χ4n) is 3.47. The Bertz CT molecular complexity index is 534. The Kier molecular flexibility index (Phi) is 5.79. The second kappa shape index (κ2) is 7.68. The van der Waals surface area contributed by atoms with Crippen LogP contribution in [-0.2, 0) is 15.0 Å². The molecule has 24 heavy (non-hydrogen) atoms. The zero-order chi connectivity index (χ0) is 17.2. The Balaban J connectivity index is 1.52. The number of nitrogens with zero attached hydrogens (tertiary/aromatic N) is 3. The summed E-state index contributed by atoms with van der Waals surface area (Å²) in [5.41, 5.74) is 0. The van der Waals surface area contributed by atoms with E-state index in [1.54, 1.807) is 8.61 Å². The fraction of sp³-hybridized carbons (Fsp3) is 0.938. The molecule has 2 saturated heterocycles. The molecule has 8 heteroatoms. The first-order valence-corrected chi connectivity index (χ1v) is 10.7. The minimum absolute atomic E-state index is 0.0707. The second-order valence-electron chi connectivity index (χ2n) is 7.21. The van der Waals surface area contributed by atoms with E-state index in [1.807, 2.05) is 6.92 Å². The van der Waals surface area contributed by atoms with E-state index < -0.39 is 10.2 Å². The average molecular weight is 359 g/mol. The van der Waals surface area contributed by atoms with E-state index in [4.69, 9.17) is 0 Å². The lowest BCUT2D eigenvalue weighted by Crippen LogP contribution is -2.57. The molecule has 2 aliphatic heterocycles. The number of carbonyl (C=O) groups excluding carboxylic acids is 1. The van der Waals surface area contributed by atoms with Gasteiger partial charge >= 0.3 is 0 Å². The van der Waals surface area contributed by atoms with E-state index in [0.29, 0.717) is 45.3 Å². The number of nitrogens with one attached hydrogen (secondary N) is 1. The standard InChI is InChI=1S/C16H30N4O3S/c1-14(16(21)17-15-6-7-15)18-10-12-20(13-11-18)24(22,23)19-8-4-2-3-5-9-19/h14-15H,2-13H2,1H3,(H,17,21). The first-order chi connectivity index (χ1) is 11.5. The minimum Gasteiger partial charge on any atom is -0.352 e. The normalized spacial score (nSPS) is 26.7. The molecule has 0 aromatic rings. The summed E-state index contributed by atoms with van der Waals surface area (Å²) in [5.74, 6) is 0.0707. The maximum atomic E-state index is 12.8. The summed E-state index contributed by atoms with van der Waals surface area (Å²) in [5, 5.41) is 3.03. The number of hydrogen-bond acceptors (Lipinski definition) is 4. The van der Waals surface area contributed by atoms with Crippen LogP contribution in [0.4, 0.5) is 0 Å². The van der Waals surface area contributed by atoms with Gasteiger partial charge in [-0.15, -0.1) is 0 Å². The highest BCUT2D eigenvalue weighted by Crippen LogP contribution is 2.20. The van der Waals surface area contributed by atoms with E-state index in [2.05, 4.69) is 10.2 Å². The third-order valence-corrected chi connectivity index (χ3v) is 7.38. The first-order valence-electron chi connectivity index (χ1n) is 9.28. The average Bonchev–Trinajstić information content (AvgIpc) is 3.40. The van der Waals surface area contributed by atoms with Crippen LogP contribution in [0.25, 0.3) is 0 Å². The molecule has 1 N–H and O–H groups in total. The van der Waals surface area contributed by atoms with Crippen molar-refractivity contribution in [2.45, 2.75) is 57.5 Å². The highest BCUT2D eigenvalue weighted by atomic mass is 32.2. The monoisotopic (exact) mass is 358 g/mol. The van der Waals surface area contributed by atoms with Crippen LogP contribution in [0.2, 0.25) is 0 Å². The number of amides is 1. The van der Waals surface area contributed by atoms with E-state index in [1.165, 1.54) is 0 Å². The quantitative estimate of drug-likeness (QED) is 0.772. The summed E-state index contributed by atoms with van der Waals surface area (Å²) < 4.78 is 28.9. The zero-order valence-electron chi connectivity index (χ0n) is 14.6. The molecule has 1 amide bonds. The Morgan fingerprint density at radius 1 is 0.917 bits per heavy atom. The number of carbonyl (C=O) groups is 1. The maximum Gasteiger partial charge on any atom is 0.282 e. The molecule has 7 nitrogen and oxygen atoms in total. The molecule has 0 bridgehead atoms. The predicted molar refractivity (Wildman–Crippen MR) is 92.7 cm³/mol. The van der Waals surface area contributed by atoms with Crippen molar-refractivity contribution in [3.05, 3.63) is 0 Å². The largest absolute Gasteiger partial charge is 0.352 e. The smallest absolute Gasteiger partial charge is 0.282 e. The molecule has 1 unspecified atom stereocenters. The van der Waals surface area contributed by atoms with Crippen molar-refractivity contribution < 1.29 is 13.2 Å². The van der Waals surface area contributed by atoms with Crippen molar-refractivity contribution in [2.75, 3.05) is 39.3 Å². The van der Waals surface area contributed by atoms with Gasteiger partial charge in [0.25, 0.3) is 10.2 Å². The highest BCUT2D eigenvalue weighted by molar-refractivity contribution is 7.86. The van der Waals surface area contributed by atoms with Crippen molar-refractivity contribution in [1.29, 1.82) is 0 Å². The summed E-state index contributed by atoms with van der Waals surface area (Å²) >= 11 is 0. The first kappa shape index (κ1) is 18.1. The van der Waals surface area contributed by atoms with Gasteiger partial charge in [0.15, 0.2) is 0 Å². The zero-order valence-corrected chi connectivity index (χ0v) is 15.4. The molecule has 3 fully saturated rings. The lowest BCUT2D eigenvalue weighted by molar-refractivity contribution is -0.126. The SMILES string of the molecule is CC(C(=O)NC1CC1)N1CCN(S(=O)(=O)N2CCCCCC2)CC1. The van der Waals surface area contributed by atoms with Crippen LogP contribution in [0, 0.1) is 0 Å². The Labute approximate surface area is 145 Å². The van der Waals surface area contributed by atoms with Crippen molar-refractivity contribution in [3.8, 4) is 0 Å². The van der Waals surface area contributed by atoms with Gasteiger partial charge in [0, 0.05) is 45.3 Å². The molecule has 3 rings (SSSR count). The molecule has 2 heterocycles. The lowest BCUT2D eigenvalue weighted by atomic mass is 10.2. The number of piperazine rings is 1. The molecular weight excluding hydrogens is 328 g/mol. The topological polar surface area (TPSA) is 73.0 Å². The van der Waals surface area contributed by atoms with Gasteiger partial charge in [-0.05, 0) is 32.6 Å². The number of rotatable bonds is 5. The van der Waals surface area contributed by atoms with Crippen LogP contribution in [0.15, 0.2) is 0 Å². The summed E-state index contributed by atoms with van der Waals surface area (Å²) in [6.45, 7) is 5.38. The van der Waals surface area contributed by atoms with Gasteiger partial charge in [-0.2, -0.15) is 17.0 Å². The van der Waals surface area contributed by atoms with Crippen LogP contribution in [0.5, 0.6) is 0 Å². The van der Waals surface area contributed by atoms with Crippen LogP contribution in [0.3, 0.4) is 0 Å². The summed E-state index contributed by atoms with van der Waals surface area (Å²) in [6.07, 6.45) is 6.32. The summed E-state index contributed by atoms with van der Waals surface area (Å²) in [7, 11) is -3.35. The maximum absolute atomic E-state index is 12.8. The van der Waals surface area contributed by atoms with Crippen molar-refractivity contribution in [2.24, 2.45) is 0 Å². The molecule has 0 spiro atoms. The van der Waals surface area contributed by atoms with E-state index >= 15 is 0 Å². The Morgan fingerprint density at radius 2 is 1.46 bits per heavy atom. The van der Waals surface area contributed by atoms with Gasteiger partial charge < -0.3 is 5.32 Å². The van der Waals surface area contributed by atoms with Crippen LogP contribution in [-0.4, -0.2) is 79.2 Å². The minimum atomic E-state index is -3.35. The van der Waals surface area contributed by atoms with Crippen LogP contribution in [0.1, 0.15) is 45.4 Å². The Morgan fingerprint density at radius 3 is 2.00 bits per heavy atom. The second-order valence-corrected chi connectivity index (χ2v) is 9.14. The molecule has 1 saturated carbocycles. The van der Waals surface area contributed by atoms with Crippen molar-refractivity contribution >= 4 is 16.1 Å². The molecular formula is C16H30N4O3S. The van der Waals surface area contributed by atoms with Gasteiger partial charge in [-0.25, -0.2) is 0 Å². The van der Waals surface area contributed by atoms with Gasteiger partial charge in [0.2, 0.25) is 5.91 Å². The molecule has 1 aliphatic carbocycles. The molecule has 138 valence electrons. The van der Waals surface area contributed by atoms with Gasteiger partial charge in [-0.1, -0.05) is 12.8 Å². The Hall–Kier alpha value is -0.700. The lowest BCUT2D eigenvalue weighted by Gasteiger charge is -2.38. The van der Waals surface area contributed by atoms with Gasteiger partial charge in [0.1, 0.15) is 0 Å². The highest BCUT2D eigenvalue weighted by Gasteiger charge is 2.35. The van der Waals surface area contributed by atoms with Crippen molar-refractivity contribution in [3.63, 3.8) is 0 Å². The van der Waals surface area contributed by atoms with Crippen LogP contribution >= 0.6 is 0 Å². The van der Waals surface area contributed by atoms with Gasteiger partial charge in [-0.3, -0.25) is 9.69 Å². The van der Waals surface area contributed by atoms with Gasteiger partial charge in [0.05, 0.1) is 6.04 Å². The fourth-order valence-corrected chi connectivity index (χ4v) is 5.14. The molecule has 0 radical (unpaired) electrons. The predicted octanol–water partition coefficient (Wildman–Crippen LogP) is 0.392. The molecule has 0 aromatic heterocycles. The third kappa shape index (κ3) is 4.28. The third-order valence-electron chi connectivity index (χ3n) is 5.34. The summed E-state index contributed by atoms with van der Waals surface area (Å²) in [4.78, 5) is 14.3. The van der Waals surface area contributed by atoms with Crippen LogP contribution < -0.4 is 5.32 Å². The summed E-state index contributed by atoms with van der Waals surface area (Å²) in [6, 6.07) is 0.179. The number of hydrogen-bond donors (Lipinski definition) is 1. The molecule has 1 atom stereocenters. The molecule has 3 aliphatic rings.